The van der Waals surface area contributed by atoms with E-state index in [1.807, 2.05) is 16.8 Å². The van der Waals surface area contributed by atoms with Gasteiger partial charge in [0.1, 0.15) is 5.01 Å². The standard InChI is InChI=1S/C14H10BrN3OS2/c15-9-5-12(20-7-9)14-18-11(8-21-14)6-13(19)17-10-1-3-16-4-2-10/h1-5,7-8H,6H2,(H,16,17,19). The molecule has 1 amide bonds. The molecule has 21 heavy (non-hydrogen) atoms. The zero-order chi connectivity index (χ0) is 14.7. The summed E-state index contributed by atoms with van der Waals surface area (Å²) in [4.78, 5) is 21.5. The summed E-state index contributed by atoms with van der Waals surface area (Å²) in [5, 5.41) is 7.71. The summed E-state index contributed by atoms with van der Waals surface area (Å²) in [6, 6.07) is 5.55. The van der Waals surface area contributed by atoms with Crippen LogP contribution in [-0.4, -0.2) is 15.9 Å². The lowest BCUT2D eigenvalue weighted by atomic mass is 10.3. The van der Waals surface area contributed by atoms with Gasteiger partial charge in [-0.2, -0.15) is 0 Å². The van der Waals surface area contributed by atoms with Crippen molar-refractivity contribution in [3.63, 3.8) is 0 Å². The summed E-state index contributed by atoms with van der Waals surface area (Å²) in [5.74, 6) is -0.0783. The number of thiazole rings is 1. The summed E-state index contributed by atoms with van der Waals surface area (Å²) >= 11 is 6.62. The highest BCUT2D eigenvalue weighted by Crippen LogP contribution is 2.32. The van der Waals surface area contributed by atoms with Crippen LogP contribution in [-0.2, 0) is 11.2 Å². The van der Waals surface area contributed by atoms with Gasteiger partial charge in [-0.15, -0.1) is 22.7 Å². The van der Waals surface area contributed by atoms with Crippen molar-refractivity contribution in [1.82, 2.24) is 9.97 Å². The summed E-state index contributed by atoms with van der Waals surface area (Å²) in [7, 11) is 0. The Labute approximate surface area is 138 Å². The van der Waals surface area contributed by atoms with Gasteiger partial charge in [0.25, 0.3) is 0 Å². The van der Waals surface area contributed by atoms with Crippen LogP contribution in [0.15, 0.2) is 45.8 Å². The third-order valence-electron chi connectivity index (χ3n) is 2.64. The molecule has 0 radical (unpaired) electrons. The third-order valence-corrected chi connectivity index (χ3v) is 5.39. The second kappa shape index (κ2) is 6.46. The number of rotatable bonds is 4. The van der Waals surface area contributed by atoms with Gasteiger partial charge in [-0.05, 0) is 34.1 Å². The Morgan fingerprint density at radius 3 is 2.76 bits per heavy atom. The van der Waals surface area contributed by atoms with Gasteiger partial charge in [0.05, 0.1) is 17.0 Å². The average Bonchev–Trinajstić information content (AvgIpc) is 3.09. The smallest absolute Gasteiger partial charge is 0.230 e. The molecule has 0 aromatic carbocycles. The maximum absolute atomic E-state index is 12.0. The minimum atomic E-state index is -0.0783. The number of pyridine rings is 1. The Balaban J connectivity index is 1.66. The summed E-state index contributed by atoms with van der Waals surface area (Å²) in [5.41, 5.74) is 1.53. The van der Waals surface area contributed by atoms with Gasteiger partial charge >= 0.3 is 0 Å². The largest absolute Gasteiger partial charge is 0.326 e. The molecule has 3 aromatic heterocycles. The summed E-state index contributed by atoms with van der Waals surface area (Å²) < 4.78 is 1.05. The van der Waals surface area contributed by atoms with Crippen LogP contribution in [0.2, 0.25) is 0 Å². The summed E-state index contributed by atoms with van der Waals surface area (Å²) in [6.07, 6.45) is 3.56. The predicted octanol–water partition coefficient (Wildman–Crippen LogP) is 4.21. The number of carbonyl (C=O) groups is 1. The molecule has 1 N–H and O–H groups in total. The lowest BCUT2D eigenvalue weighted by molar-refractivity contribution is -0.115. The van der Waals surface area contributed by atoms with Crippen molar-refractivity contribution < 1.29 is 4.79 Å². The first kappa shape index (κ1) is 14.4. The molecule has 7 heteroatoms. The summed E-state index contributed by atoms with van der Waals surface area (Å²) in [6.45, 7) is 0. The van der Waals surface area contributed by atoms with E-state index in [1.54, 1.807) is 47.2 Å². The zero-order valence-electron chi connectivity index (χ0n) is 10.7. The molecule has 0 aliphatic rings. The molecule has 0 atom stereocenters. The Morgan fingerprint density at radius 1 is 1.24 bits per heavy atom. The number of anilines is 1. The number of hydrogen-bond donors (Lipinski definition) is 1. The van der Waals surface area contributed by atoms with Crippen LogP contribution in [0.1, 0.15) is 5.69 Å². The predicted molar refractivity (Wildman–Crippen MR) is 89.7 cm³/mol. The van der Waals surface area contributed by atoms with E-state index >= 15 is 0 Å². The molecule has 3 aromatic rings. The van der Waals surface area contributed by atoms with Crippen LogP contribution in [0.25, 0.3) is 9.88 Å². The van der Waals surface area contributed by atoms with E-state index in [1.165, 1.54) is 0 Å². The van der Waals surface area contributed by atoms with Gasteiger partial charge < -0.3 is 5.32 Å². The molecular formula is C14H10BrN3OS2. The Hall–Kier alpha value is -1.57. The fourth-order valence-corrected chi connectivity index (χ4v) is 4.06. The van der Waals surface area contributed by atoms with E-state index in [0.29, 0.717) is 0 Å². The van der Waals surface area contributed by atoms with Crippen LogP contribution >= 0.6 is 38.6 Å². The molecule has 0 fully saturated rings. The van der Waals surface area contributed by atoms with E-state index in [4.69, 9.17) is 0 Å². The van der Waals surface area contributed by atoms with Gasteiger partial charge in [0.15, 0.2) is 0 Å². The Kier molecular flexibility index (Phi) is 4.42. The van der Waals surface area contributed by atoms with E-state index in [0.717, 1.165) is 25.7 Å². The maximum Gasteiger partial charge on any atom is 0.230 e. The van der Waals surface area contributed by atoms with Crippen LogP contribution in [0, 0.1) is 0 Å². The number of halogens is 1. The number of thiophene rings is 1. The SMILES string of the molecule is O=C(Cc1csc(-c2cc(Br)cs2)n1)Nc1ccncc1. The average molecular weight is 380 g/mol. The lowest BCUT2D eigenvalue weighted by Crippen LogP contribution is -2.14. The van der Waals surface area contributed by atoms with Gasteiger partial charge in [0, 0.05) is 33.3 Å². The van der Waals surface area contributed by atoms with Crippen molar-refractivity contribution in [2.24, 2.45) is 0 Å². The first-order valence-corrected chi connectivity index (χ1v) is 8.64. The number of carbonyl (C=O) groups excluding carboxylic acids is 1. The highest BCUT2D eigenvalue weighted by atomic mass is 79.9. The molecule has 0 aliphatic heterocycles. The van der Waals surface area contributed by atoms with Crippen LogP contribution in [0.4, 0.5) is 5.69 Å². The first-order chi connectivity index (χ1) is 10.2. The molecule has 3 rings (SSSR count). The molecule has 0 bridgehead atoms. The van der Waals surface area contributed by atoms with Gasteiger partial charge in [-0.1, -0.05) is 0 Å². The minimum absolute atomic E-state index is 0.0783. The van der Waals surface area contributed by atoms with E-state index in [-0.39, 0.29) is 12.3 Å². The van der Waals surface area contributed by atoms with Crippen LogP contribution in [0.5, 0.6) is 0 Å². The Bertz CT molecular complexity index is 754. The number of hydrogen-bond acceptors (Lipinski definition) is 5. The molecule has 0 saturated carbocycles. The molecule has 0 aliphatic carbocycles. The molecule has 0 spiro atoms. The van der Waals surface area contributed by atoms with E-state index in [2.05, 4.69) is 31.2 Å². The number of amides is 1. The fraction of sp³-hybridized carbons (Fsp3) is 0.0714. The van der Waals surface area contributed by atoms with Crippen molar-refractivity contribution in [3.05, 3.63) is 51.5 Å². The van der Waals surface area contributed by atoms with Crippen molar-refractivity contribution >= 4 is 50.2 Å². The van der Waals surface area contributed by atoms with Crippen LogP contribution in [0.3, 0.4) is 0 Å². The van der Waals surface area contributed by atoms with Crippen molar-refractivity contribution in [2.45, 2.75) is 6.42 Å². The monoisotopic (exact) mass is 379 g/mol. The van der Waals surface area contributed by atoms with E-state index < -0.39 is 0 Å². The third kappa shape index (κ3) is 3.75. The molecule has 0 unspecified atom stereocenters. The lowest BCUT2D eigenvalue weighted by Gasteiger charge is -2.02. The highest BCUT2D eigenvalue weighted by Gasteiger charge is 2.10. The second-order valence-corrected chi connectivity index (χ2v) is 6.92. The normalized spacial score (nSPS) is 10.5. The fourth-order valence-electron chi connectivity index (χ4n) is 1.73. The molecule has 4 nitrogen and oxygen atoms in total. The quantitative estimate of drug-likeness (QED) is 0.738. The second-order valence-electron chi connectivity index (χ2n) is 4.23. The van der Waals surface area contributed by atoms with Crippen molar-refractivity contribution in [1.29, 1.82) is 0 Å². The zero-order valence-corrected chi connectivity index (χ0v) is 14.0. The number of nitrogens with one attached hydrogen (secondary N) is 1. The molecule has 3 heterocycles. The van der Waals surface area contributed by atoms with Gasteiger partial charge in [-0.25, -0.2) is 4.98 Å². The number of aromatic nitrogens is 2. The molecule has 106 valence electrons. The van der Waals surface area contributed by atoms with Crippen molar-refractivity contribution in [3.8, 4) is 9.88 Å². The van der Waals surface area contributed by atoms with Gasteiger partial charge in [-0.3, -0.25) is 9.78 Å². The number of nitrogens with zero attached hydrogens (tertiary/aromatic N) is 2. The van der Waals surface area contributed by atoms with Crippen molar-refractivity contribution in [2.75, 3.05) is 5.32 Å². The van der Waals surface area contributed by atoms with E-state index in [9.17, 15) is 4.79 Å². The Morgan fingerprint density at radius 2 is 2.05 bits per heavy atom. The maximum atomic E-state index is 12.0. The highest BCUT2D eigenvalue weighted by molar-refractivity contribution is 9.10. The molecule has 0 saturated heterocycles. The topological polar surface area (TPSA) is 54.9 Å². The first-order valence-electron chi connectivity index (χ1n) is 6.09. The van der Waals surface area contributed by atoms with Crippen LogP contribution < -0.4 is 5.32 Å². The molecular weight excluding hydrogens is 370 g/mol. The minimum Gasteiger partial charge on any atom is -0.326 e. The van der Waals surface area contributed by atoms with Gasteiger partial charge in [0.2, 0.25) is 5.91 Å².